The zero-order valence-corrected chi connectivity index (χ0v) is 14.0. The smallest absolute Gasteiger partial charge is 0.445 e. The first-order valence-electron chi connectivity index (χ1n) is 6.07. The second kappa shape index (κ2) is 7.26. The molecule has 0 N–H and O–H groups in total. The summed E-state index contributed by atoms with van der Waals surface area (Å²) in [6.07, 6.45) is 2.93. The van der Waals surface area contributed by atoms with E-state index in [9.17, 15) is 17.7 Å². The van der Waals surface area contributed by atoms with Crippen LogP contribution in [0.15, 0.2) is 24.3 Å². The Kier molecular flexibility index (Phi) is 6.59. The molecule has 1 saturated heterocycles. The van der Waals surface area contributed by atoms with Gasteiger partial charge in [-0.05, 0) is 25.3 Å². The van der Waals surface area contributed by atoms with Crippen molar-refractivity contribution in [3.05, 3.63) is 29.8 Å². The van der Waals surface area contributed by atoms with Crippen LogP contribution in [0, 0.1) is 0 Å². The molecule has 0 bridgehead atoms. The number of carbonyl (C=O) groups is 1. The molecule has 7 heteroatoms. The van der Waals surface area contributed by atoms with Crippen LogP contribution in [0.25, 0.3) is 0 Å². The van der Waals surface area contributed by atoms with E-state index in [1.54, 1.807) is 4.90 Å². The van der Waals surface area contributed by atoms with E-state index in [1.165, 1.54) is 12.1 Å². The minimum absolute atomic E-state index is 0. The van der Waals surface area contributed by atoms with Crippen LogP contribution < -0.4 is 56.8 Å². The summed E-state index contributed by atoms with van der Waals surface area (Å²) in [4.78, 5) is 13.7. The molecule has 1 fully saturated rings. The van der Waals surface area contributed by atoms with Gasteiger partial charge in [-0.1, -0.05) is 18.2 Å². The van der Waals surface area contributed by atoms with E-state index >= 15 is 0 Å². The van der Waals surface area contributed by atoms with Gasteiger partial charge in [-0.3, -0.25) is 4.79 Å². The van der Waals surface area contributed by atoms with E-state index < -0.39 is 12.4 Å². The van der Waals surface area contributed by atoms with Crippen LogP contribution in [0.2, 0.25) is 0 Å². The number of nitrogens with zero attached hydrogens (tertiary/aromatic N) is 1. The molecule has 1 aliphatic rings. The van der Waals surface area contributed by atoms with Crippen molar-refractivity contribution in [2.24, 2.45) is 0 Å². The molecule has 2 rings (SSSR count). The molecule has 0 radical (unpaired) electrons. The summed E-state index contributed by atoms with van der Waals surface area (Å²) < 4.78 is 37.8. The Morgan fingerprint density at radius 2 is 1.74 bits per heavy atom. The van der Waals surface area contributed by atoms with Gasteiger partial charge in [0.15, 0.2) is 0 Å². The topological polar surface area (TPSA) is 20.3 Å². The summed E-state index contributed by atoms with van der Waals surface area (Å²) in [5.74, 6) is -0.295. The Morgan fingerprint density at radius 3 is 2.32 bits per heavy atom. The number of hydrogen-bond donors (Lipinski definition) is 0. The number of likely N-dealkylation sites (tertiary alicyclic amines) is 1. The monoisotopic (exact) mass is 295 g/mol. The van der Waals surface area contributed by atoms with Crippen molar-refractivity contribution in [2.75, 3.05) is 13.1 Å². The Labute approximate surface area is 153 Å². The van der Waals surface area contributed by atoms with E-state index in [4.69, 9.17) is 0 Å². The van der Waals surface area contributed by atoms with Gasteiger partial charge in [-0.15, -0.1) is 5.46 Å². The number of benzene rings is 1. The molecule has 0 unspecified atom stereocenters. The molecular weight excluding hydrogens is 281 g/mol. The largest absolute Gasteiger partial charge is 1.00 e. The van der Waals surface area contributed by atoms with Gasteiger partial charge in [0.1, 0.15) is 0 Å². The van der Waals surface area contributed by atoms with Crippen LogP contribution in [0.1, 0.15) is 29.6 Å². The summed E-state index contributed by atoms with van der Waals surface area (Å²) >= 11 is 0. The maximum atomic E-state index is 12.6. The van der Waals surface area contributed by atoms with E-state index in [0.29, 0.717) is 13.1 Å². The third-order valence-corrected chi connectivity index (χ3v) is 3.15. The predicted molar refractivity (Wildman–Crippen MR) is 64.9 cm³/mol. The Bertz CT molecular complexity index is 447. The van der Waals surface area contributed by atoms with Crippen LogP contribution in [0.3, 0.4) is 0 Å². The minimum Gasteiger partial charge on any atom is -0.445 e. The van der Waals surface area contributed by atoms with Gasteiger partial charge in [-0.25, -0.2) is 0 Å². The van der Waals surface area contributed by atoms with E-state index in [1.807, 2.05) is 0 Å². The average molecular weight is 295 g/mol. The van der Waals surface area contributed by atoms with Crippen molar-refractivity contribution in [2.45, 2.75) is 19.3 Å². The molecule has 0 saturated carbocycles. The fourth-order valence-corrected chi connectivity index (χ4v) is 2.15. The first kappa shape index (κ1) is 17.2. The van der Waals surface area contributed by atoms with Crippen LogP contribution in [-0.4, -0.2) is 30.9 Å². The van der Waals surface area contributed by atoms with Gasteiger partial charge in [0.05, 0.1) is 0 Å². The SMILES string of the molecule is O=C(c1cccc([B-](F)(F)F)c1)N1CCCCC1.[K+]. The zero-order valence-electron chi connectivity index (χ0n) is 10.9. The van der Waals surface area contributed by atoms with Crippen LogP contribution >= 0.6 is 0 Å². The van der Waals surface area contributed by atoms with Crippen molar-refractivity contribution in [1.82, 2.24) is 4.90 Å². The molecular formula is C12H14BF3KNO. The molecule has 1 aromatic carbocycles. The first-order chi connectivity index (χ1) is 8.48. The summed E-state index contributed by atoms with van der Waals surface area (Å²) in [5.41, 5.74) is -0.577. The van der Waals surface area contributed by atoms with Crippen molar-refractivity contribution < 1.29 is 69.1 Å². The van der Waals surface area contributed by atoms with Gasteiger partial charge >= 0.3 is 58.4 Å². The van der Waals surface area contributed by atoms with Crippen molar-refractivity contribution >= 4 is 18.3 Å². The summed E-state index contributed by atoms with van der Waals surface area (Å²) in [7, 11) is 0. The molecule has 2 nitrogen and oxygen atoms in total. The standard InChI is InChI=1S/C12H14BF3NO.K/c14-13(15,16)11-6-4-5-10(9-11)12(18)17-7-2-1-3-8-17;/h4-6,9H,1-3,7-8H2;/q-1;+1. The van der Waals surface area contributed by atoms with Crippen molar-refractivity contribution in [3.63, 3.8) is 0 Å². The van der Waals surface area contributed by atoms with Crippen LogP contribution in [0.4, 0.5) is 12.9 Å². The van der Waals surface area contributed by atoms with E-state index in [-0.39, 0.29) is 62.9 Å². The molecule has 0 aliphatic carbocycles. The number of carbonyl (C=O) groups excluding carboxylic acids is 1. The quantitative estimate of drug-likeness (QED) is 0.666. The predicted octanol–water partition coefficient (Wildman–Crippen LogP) is -0.629. The van der Waals surface area contributed by atoms with E-state index in [2.05, 4.69) is 0 Å². The molecule has 1 amide bonds. The molecule has 19 heavy (non-hydrogen) atoms. The van der Waals surface area contributed by atoms with Crippen LogP contribution in [0.5, 0.6) is 0 Å². The number of amides is 1. The molecule has 1 aromatic rings. The minimum atomic E-state index is -5.05. The van der Waals surface area contributed by atoms with Gasteiger partial charge < -0.3 is 17.8 Å². The zero-order chi connectivity index (χ0) is 13.2. The number of halogens is 3. The second-order valence-corrected chi connectivity index (χ2v) is 4.55. The molecule has 0 atom stereocenters. The molecule has 98 valence electrons. The van der Waals surface area contributed by atoms with Gasteiger partial charge in [-0.2, -0.15) is 0 Å². The fourth-order valence-electron chi connectivity index (χ4n) is 2.15. The normalized spacial score (nSPS) is 15.8. The Balaban J connectivity index is 0.00000180. The van der Waals surface area contributed by atoms with Gasteiger partial charge in [0.2, 0.25) is 0 Å². The molecule has 0 aromatic heterocycles. The third kappa shape index (κ3) is 4.60. The number of hydrogen-bond acceptors (Lipinski definition) is 1. The molecule has 1 aliphatic heterocycles. The third-order valence-electron chi connectivity index (χ3n) is 3.15. The second-order valence-electron chi connectivity index (χ2n) is 4.55. The summed E-state index contributed by atoms with van der Waals surface area (Å²) in [6, 6.07) is 4.70. The Morgan fingerprint density at radius 1 is 1.11 bits per heavy atom. The average Bonchev–Trinajstić information content (AvgIpc) is 2.38. The number of rotatable bonds is 2. The molecule has 0 spiro atoms. The fraction of sp³-hybridized carbons (Fsp3) is 0.417. The summed E-state index contributed by atoms with van der Waals surface area (Å²) in [6.45, 7) is -3.77. The van der Waals surface area contributed by atoms with Gasteiger partial charge in [0.25, 0.3) is 5.91 Å². The maximum absolute atomic E-state index is 12.6. The van der Waals surface area contributed by atoms with Gasteiger partial charge in [0, 0.05) is 18.7 Å². The van der Waals surface area contributed by atoms with Crippen LogP contribution in [-0.2, 0) is 0 Å². The summed E-state index contributed by atoms with van der Waals surface area (Å²) in [5, 5.41) is 0. The maximum Gasteiger partial charge on any atom is 1.00 e. The number of piperidine rings is 1. The Hall–Kier alpha value is 0.181. The first-order valence-corrected chi connectivity index (χ1v) is 6.07. The van der Waals surface area contributed by atoms with Crippen molar-refractivity contribution in [1.29, 1.82) is 0 Å². The van der Waals surface area contributed by atoms with Crippen molar-refractivity contribution in [3.8, 4) is 0 Å². The molecule has 1 heterocycles. The van der Waals surface area contributed by atoms with E-state index in [0.717, 1.165) is 31.4 Å².